The minimum absolute atomic E-state index is 0.725. The first-order valence-corrected chi connectivity index (χ1v) is 5.62. The first-order valence-electron chi connectivity index (χ1n) is 5.62. The molecule has 1 rings (SSSR count). The van der Waals surface area contributed by atoms with Crippen molar-refractivity contribution in [2.75, 3.05) is 13.2 Å². The zero-order chi connectivity index (χ0) is 11.3. The predicted molar refractivity (Wildman–Crippen MR) is 64.5 cm³/mol. The first-order chi connectivity index (χ1) is 7.19. The number of aryl methyl sites for hydroxylation is 2. The lowest BCUT2D eigenvalue weighted by atomic mass is 10.1. The number of ether oxygens (including phenoxy) is 1. The van der Waals surface area contributed by atoms with Crippen molar-refractivity contribution in [2.45, 2.75) is 34.2 Å². The number of rotatable bonds is 5. The van der Waals surface area contributed by atoms with Crippen LogP contribution < -0.4 is 10.1 Å². The van der Waals surface area contributed by atoms with Crippen molar-refractivity contribution >= 4 is 0 Å². The molecule has 0 amide bonds. The molecule has 0 saturated carbocycles. The van der Waals surface area contributed by atoms with E-state index in [0.29, 0.717) is 0 Å². The van der Waals surface area contributed by atoms with Gasteiger partial charge in [-0.05, 0) is 32.9 Å². The Labute approximate surface area is 92.6 Å². The zero-order valence-electron chi connectivity index (χ0n) is 10.2. The van der Waals surface area contributed by atoms with E-state index in [0.717, 1.165) is 25.4 Å². The second-order valence-electron chi connectivity index (χ2n) is 3.78. The van der Waals surface area contributed by atoms with Crippen LogP contribution in [-0.2, 0) is 6.54 Å². The molecule has 0 fully saturated rings. The van der Waals surface area contributed by atoms with Crippen molar-refractivity contribution in [1.82, 2.24) is 5.32 Å². The van der Waals surface area contributed by atoms with Gasteiger partial charge in [-0.25, -0.2) is 0 Å². The van der Waals surface area contributed by atoms with Gasteiger partial charge >= 0.3 is 0 Å². The van der Waals surface area contributed by atoms with E-state index in [2.05, 4.69) is 38.2 Å². The van der Waals surface area contributed by atoms with Crippen LogP contribution in [0.3, 0.4) is 0 Å². The fraction of sp³-hybridized carbons (Fsp3) is 0.538. The zero-order valence-corrected chi connectivity index (χ0v) is 10.2. The summed E-state index contributed by atoms with van der Waals surface area (Å²) < 4.78 is 5.68. The average Bonchev–Trinajstić information content (AvgIpc) is 2.19. The number of hydrogen-bond acceptors (Lipinski definition) is 2. The Bertz CT molecular complexity index is 321. The van der Waals surface area contributed by atoms with Crippen LogP contribution in [0.4, 0.5) is 0 Å². The average molecular weight is 207 g/mol. The van der Waals surface area contributed by atoms with Gasteiger partial charge in [-0.1, -0.05) is 24.6 Å². The molecule has 2 heteroatoms. The van der Waals surface area contributed by atoms with Crippen molar-refractivity contribution in [1.29, 1.82) is 0 Å². The molecule has 0 unspecified atom stereocenters. The molecule has 2 nitrogen and oxygen atoms in total. The second kappa shape index (κ2) is 5.76. The van der Waals surface area contributed by atoms with Gasteiger partial charge in [0.05, 0.1) is 6.61 Å². The molecule has 84 valence electrons. The third kappa shape index (κ3) is 3.24. The molecule has 0 saturated heterocycles. The summed E-state index contributed by atoms with van der Waals surface area (Å²) in [5, 5.41) is 3.34. The molecular formula is C13H21NO. The van der Waals surface area contributed by atoms with E-state index >= 15 is 0 Å². The molecule has 1 aromatic carbocycles. The van der Waals surface area contributed by atoms with Gasteiger partial charge in [-0.2, -0.15) is 0 Å². The van der Waals surface area contributed by atoms with E-state index < -0.39 is 0 Å². The van der Waals surface area contributed by atoms with Gasteiger partial charge in [0, 0.05) is 12.1 Å². The predicted octanol–water partition coefficient (Wildman–Crippen LogP) is 2.81. The van der Waals surface area contributed by atoms with Gasteiger partial charge in [-0.15, -0.1) is 0 Å². The lowest BCUT2D eigenvalue weighted by Crippen LogP contribution is -2.13. The number of hydrogen-bond donors (Lipinski definition) is 1. The molecule has 0 aliphatic rings. The van der Waals surface area contributed by atoms with Crippen LogP contribution in [0.15, 0.2) is 12.1 Å². The molecule has 0 heterocycles. The topological polar surface area (TPSA) is 21.3 Å². The van der Waals surface area contributed by atoms with Gasteiger partial charge in [0.15, 0.2) is 0 Å². The van der Waals surface area contributed by atoms with Gasteiger partial charge < -0.3 is 10.1 Å². The van der Waals surface area contributed by atoms with Crippen LogP contribution in [0.25, 0.3) is 0 Å². The summed E-state index contributed by atoms with van der Waals surface area (Å²) in [6.07, 6.45) is 0. The summed E-state index contributed by atoms with van der Waals surface area (Å²) in [4.78, 5) is 0. The smallest absolute Gasteiger partial charge is 0.126 e. The Morgan fingerprint density at radius 3 is 2.53 bits per heavy atom. The SMILES string of the molecule is CCNCc1cc(C)cc(C)c1OCC. The standard InChI is InChI=1S/C13H21NO/c1-5-14-9-12-8-10(3)7-11(4)13(12)15-6-2/h7-8,14H,5-6,9H2,1-4H3. The van der Waals surface area contributed by atoms with Gasteiger partial charge in [-0.3, -0.25) is 0 Å². The highest BCUT2D eigenvalue weighted by molar-refractivity contribution is 5.43. The Morgan fingerprint density at radius 2 is 1.93 bits per heavy atom. The quantitative estimate of drug-likeness (QED) is 0.801. The molecule has 1 N–H and O–H groups in total. The normalized spacial score (nSPS) is 10.4. The second-order valence-corrected chi connectivity index (χ2v) is 3.78. The fourth-order valence-electron chi connectivity index (χ4n) is 1.78. The third-order valence-corrected chi connectivity index (χ3v) is 2.35. The fourth-order valence-corrected chi connectivity index (χ4v) is 1.78. The molecule has 0 spiro atoms. The summed E-state index contributed by atoms with van der Waals surface area (Å²) in [5.74, 6) is 1.05. The van der Waals surface area contributed by atoms with Gasteiger partial charge in [0.2, 0.25) is 0 Å². The Kier molecular flexibility index (Phi) is 4.63. The highest BCUT2D eigenvalue weighted by Gasteiger charge is 2.07. The van der Waals surface area contributed by atoms with Crippen LogP contribution in [0.1, 0.15) is 30.5 Å². The summed E-state index contributed by atoms with van der Waals surface area (Å²) in [6.45, 7) is 11.0. The highest BCUT2D eigenvalue weighted by atomic mass is 16.5. The van der Waals surface area contributed by atoms with Crippen molar-refractivity contribution in [3.8, 4) is 5.75 Å². The van der Waals surface area contributed by atoms with Crippen LogP contribution in [0, 0.1) is 13.8 Å². The minimum atomic E-state index is 0.725. The molecule has 0 aliphatic heterocycles. The van der Waals surface area contributed by atoms with Crippen molar-refractivity contribution in [3.05, 3.63) is 28.8 Å². The summed E-state index contributed by atoms with van der Waals surface area (Å²) in [5.41, 5.74) is 3.78. The largest absolute Gasteiger partial charge is 0.493 e. The van der Waals surface area contributed by atoms with Crippen molar-refractivity contribution in [2.24, 2.45) is 0 Å². The van der Waals surface area contributed by atoms with E-state index in [4.69, 9.17) is 4.74 Å². The van der Waals surface area contributed by atoms with E-state index in [1.165, 1.54) is 16.7 Å². The maximum absolute atomic E-state index is 5.68. The molecule has 0 aromatic heterocycles. The Balaban J connectivity index is 2.97. The van der Waals surface area contributed by atoms with Crippen LogP contribution in [0.5, 0.6) is 5.75 Å². The summed E-state index contributed by atoms with van der Waals surface area (Å²) in [7, 11) is 0. The molecular weight excluding hydrogens is 186 g/mol. The summed E-state index contributed by atoms with van der Waals surface area (Å²) in [6, 6.07) is 4.36. The lowest BCUT2D eigenvalue weighted by molar-refractivity contribution is 0.333. The summed E-state index contributed by atoms with van der Waals surface area (Å²) >= 11 is 0. The molecule has 1 aromatic rings. The molecule has 0 bridgehead atoms. The van der Waals surface area contributed by atoms with Crippen molar-refractivity contribution in [3.63, 3.8) is 0 Å². The molecule has 0 atom stereocenters. The maximum Gasteiger partial charge on any atom is 0.126 e. The van der Waals surface area contributed by atoms with Gasteiger partial charge in [0.1, 0.15) is 5.75 Å². The van der Waals surface area contributed by atoms with Gasteiger partial charge in [0.25, 0.3) is 0 Å². The molecule has 15 heavy (non-hydrogen) atoms. The van der Waals surface area contributed by atoms with E-state index in [-0.39, 0.29) is 0 Å². The van der Waals surface area contributed by atoms with E-state index in [1.807, 2.05) is 6.92 Å². The van der Waals surface area contributed by atoms with E-state index in [9.17, 15) is 0 Å². The van der Waals surface area contributed by atoms with Crippen LogP contribution in [-0.4, -0.2) is 13.2 Å². The maximum atomic E-state index is 5.68. The van der Waals surface area contributed by atoms with Crippen LogP contribution >= 0.6 is 0 Å². The highest BCUT2D eigenvalue weighted by Crippen LogP contribution is 2.25. The lowest BCUT2D eigenvalue weighted by Gasteiger charge is -2.14. The monoisotopic (exact) mass is 207 g/mol. The van der Waals surface area contributed by atoms with Crippen LogP contribution in [0.2, 0.25) is 0 Å². The number of benzene rings is 1. The molecule has 0 aliphatic carbocycles. The number of nitrogens with one attached hydrogen (secondary N) is 1. The Hall–Kier alpha value is -1.02. The third-order valence-electron chi connectivity index (χ3n) is 2.35. The Morgan fingerprint density at radius 1 is 1.20 bits per heavy atom. The first kappa shape index (κ1) is 12.1. The van der Waals surface area contributed by atoms with Crippen molar-refractivity contribution < 1.29 is 4.74 Å². The molecule has 0 radical (unpaired) electrons. The minimum Gasteiger partial charge on any atom is -0.493 e. The van der Waals surface area contributed by atoms with E-state index in [1.54, 1.807) is 0 Å².